The van der Waals surface area contributed by atoms with Gasteiger partial charge in [-0.15, -0.1) is 0 Å². The highest BCUT2D eigenvalue weighted by atomic mass is 35.5. The van der Waals surface area contributed by atoms with Gasteiger partial charge in [0.2, 0.25) is 16.1 Å². The van der Waals surface area contributed by atoms with Crippen molar-refractivity contribution in [2.24, 2.45) is 5.14 Å². The number of ether oxygens (including phenoxy) is 1. The number of benzene rings is 2. The van der Waals surface area contributed by atoms with Crippen LogP contribution in [0.15, 0.2) is 53.4 Å². The molecule has 2 rings (SSSR count). The maximum absolute atomic E-state index is 12.6. The molecule has 28 heavy (non-hydrogen) atoms. The second kappa shape index (κ2) is 8.83. The highest BCUT2D eigenvalue weighted by Gasteiger charge is 2.28. The monoisotopic (exact) mass is 425 g/mol. The van der Waals surface area contributed by atoms with Crippen molar-refractivity contribution < 1.29 is 27.5 Å². The first kappa shape index (κ1) is 21.4. The number of hydrogen-bond donors (Lipinski definition) is 3. The van der Waals surface area contributed by atoms with Gasteiger partial charge < -0.3 is 10.1 Å². The van der Waals surface area contributed by atoms with Gasteiger partial charge in [0.15, 0.2) is 0 Å². The first-order chi connectivity index (χ1) is 13.1. The summed E-state index contributed by atoms with van der Waals surface area (Å²) in [5.74, 6) is -1.98. The third-order valence-electron chi connectivity index (χ3n) is 3.52. The zero-order chi connectivity index (χ0) is 20.9. The number of halogens is 1. The molecule has 2 aromatic rings. The molecule has 3 amide bonds. The van der Waals surface area contributed by atoms with Gasteiger partial charge in [0, 0.05) is 12.6 Å². The average molecular weight is 426 g/mol. The smallest absolute Gasteiger partial charge is 0.340 e. The summed E-state index contributed by atoms with van der Waals surface area (Å²) >= 11 is 5.96. The summed E-state index contributed by atoms with van der Waals surface area (Å²) < 4.78 is 28.2. The number of nitrogens with one attached hydrogen (secondary N) is 2. The largest absolute Gasteiger partial charge is 0.444 e. The molecule has 0 aliphatic rings. The summed E-state index contributed by atoms with van der Waals surface area (Å²) in [5.41, 5.74) is -0.0159. The van der Waals surface area contributed by atoms with Crippen LogP contribution < -0.4 is 15.8 Å². The van der Waals surface area contributed by atoms with Gasteiger partial charge >= 0.3 is 12.0 Å². The van der Waals surface area contributed by atoms with E-state index in [2.05, 4.69) is 5.32 Å². The van der Waals surface area contributed by atoms with E-state index >= 15 is 0 Å². The van der Waals surface area contributed by atoms with Crippen molar-refractivity contribution in [2.45, 2.75) is 11.0 Å². The molecule has 0 radical (unpaired) electrons. The number of carbonyl (C=O) groups excluding carboxylic acids is 3. The molecular formula is C17H16ClN3O6S. The Bertz CT molecular complexity index is 1010. The van der Waals surface area contributed by atoms with Crippen molar-refractivity contribution in [1.29, 1.82) is 0 Å². The van der Waals surface area contributed by atoms with Crippen molar-refractivity contribution in [3.63, 3.8) is 0 Å². The number of hydrogen-bond acceptors (Lipinski definition) is 6. The fraction of sp³-hybridized carbons (Fsp3) is 0.118. The quantitative estimate of drug-likeness (QED) is 0.616. The van der Waals surface area contributed by atoms with E-state index in [0.29, 0.717) is 0 Å². The van der Waals surface area contributed by atoms with Crippen molar-refractivity contribution >= 4 is 39.5 Å². The molecule has 0 saturated heterocycles. The van der Waals surface area contributed by atoms with Crippen LogP contribution in [0.4, 0.5) is 4.79 Å². The Kier molecular flexibility index (Phi) is 6.73. The molecule has 0 aliphatic carbocycles. The Morgan fingerprint density at radius 2 is 1.75 bits per heavy atom. The number of primary sulfonamides is 1. The molecule has 0 aromatic heterocycles. The van der Waals surface area contributed by atoms with Crippen LogP contribution >= 0.6 is 11.6 Å². The lowest BCUT2D eigenvalue weighted by Crippen LogP contribution is -2.41. The topological polar surface area (TPSA) is 145 Å². The number of esters is 1. The molecule has 4 N–H and O–H groups in total. The average Bonchev–Trinajstić information content (AvgIpc) is 2.65. The first-order valence-electron chi connectivity index (χ1n) is 7.74. The fourth-order valence-electron chi connectivity index (χ4n) is 2.15. The van der Waals surface area contributed by atoms with E-state index < -0.39 is 34.0 Å². The lowest BCUT2D eigenvalue weighted by Gasteiger charge is -2.18. The Balaban J connectivity index is 2.38. The number of rotatable bonds is 5. The SMILES string of the molecule is CNC(=O)NC(=O)C(OC(=O)c1cc(S(N)(=O)=O)ccc1Cl)c1ccccc1. The number of imide groups is 1. The van der Waals surface area contributed by atoms with E-state index in [9.17, 15) is 22.8 Å². The zero-order valence-electron chi connectivity index (χ0n) is 14.5. The minimum Gasteiger partial charge on any atom is -0.444 e. The van der Waals surface area contributed by atoms with E-state index in [-0.39, 0.29) is 21.0 Å². The third-order valence-corrected chi connectivity index (χ3v) is 4.76. The molecule has 11 heteroatoms. The van der Waals surface area contributed by atoms with Gasteiger partial charge in [0.25, 0.3) is 5.91 Å². The molecule has 0 fully saturated rings. The Morgan fingerprint density at radius 1 is 1.11 bits per heavy atom. The van der Waals surface area contributed by atoms with Crippen molar-refractivity contribution in [3.05, 3.63) is 64.7 Å². The summed E-state index contributed by atoms with van der Waals surface area (Å²) in [6.07, 6.45) is -1.49. The lowest BCUT2D eigenvalue weighted by atomic mass is 10.1. The third kappa shape index (κ3) is 5.28. The van der Waals surface area contributed by atoms with Crippen molar-refractivity contribution in [3.8, 4) is 0 Å². The van der Waals surface area contributed by atoms with E-state index in [4.69, 9.17) is 21.5 Å². The normalized spacial score (nSPS) is 12.0. The summed E-state index contributed by atoms with van der Waals surface area (Å²) in [5, 5.41) is 9.18. The number of sulfonamides is 1. The Hall–Kier alpha value is -2.95. The molecule has 1 unspecified atom stereocenters. The van der Waals surface area contributed by atoms with Crippen LogP contribution in [-0.4, -0.2) is 33.4 Å². The van der Waals surface area contributed by atoms with Crippen molar-refractivity contribution in [2.75, 3.05) is 7.05 Å². The number of amides is 3. The van der Waals surface area contributed by atoms with E-state index in [0.717, 1.165) is 12.1 Å². The molecule has 9 nitrogen and oxygen atoms in total. The van der Waals surface area contributed by atoms with Gasteiger partial charge in [-0.05, 0) is 18.2 Å². The molecule has 0 aliphatic heterocycles. The van der Waals surface area contributed by atoms with Crippen LogP contribution in [0.2, 0.25) is 5.02 Å². The number of nitrogens with two attached hydrogens (primary N) is 1. The molecule has 148 valence electrons. The van der Waals surface area contributed by atoms with Gasteiger partial charge in [-0.25, -0.2) is 23.1 Å². The number of carbonyl (C=O) groups is 3. The summed E-state index contributed by atoms with van der Waals surface area (Å²) in [7, 11) is -2.78. The Labute approximate surface area is 165 Å². The zero-order valence-corrected chi connectivity index (χ0v) is 16.1. The molecule has 0 bridgehead atoms. The molecule has 1 atom stereocenters. The predicted octanol–water partition coefficient (Wildman–Crippen LogP) is 1.34. The molecule has 2 aromatic carbocycles. The first-order valence-corrected chi connectivity index (χ1v) is 9.66. The van der Waals surface area contributed by atoms with Gasteiger partial charge in [0.05, 0.1) is 15.5 Å². The van der Waals surface area contributed by atoms with Gasteiger partial charge in [-0.1, -0.05) is 41.9 Å². The van der Waals surface area contributed by atoms with E-state index in [1.807, 2.05) is 5.32 Å². The van der Waals surface area contributed by atoms with Gasteiger partial charge in [-0.3, -0.25) is 10.1 Å². The van der Waals surface area contributed by atoms with Crippen LogP contribution in [-0.2, 0) is 19.6 Å². The second-order valence-electron chi connectivity index (χ2n) is 5.45. The fourth-order valence-corrected chi connectivity index (χ4v) is 2.88. The van der Waals surface area contributed by atoms with Crippen LogP contribution in [0.5, 0.6) is 0 Å². The minimum atomic E-state index is -4.09. The van der Waals surface area contributed by atoms with Crippen molar-refractivity contribution in [1.82, 2.24) is 10.6 Å². The molecule has 0 heterocycles. The predicted molar refractivity (Wildman–Crippen MR) is 100 cm³/mol. The summed E-state index contributed by atoms with van der Waals surface area (Å²) in [6.45, 7) is 0. The van der Waals surface area contributed by atoms with Crippen LogP contribution in [0, 0.1) is 0 Å². The summed E-state index contributed by atoms with van der Waals surface area (Å²) in [6, 6.07) is 10.4. The molecule has 0 spiro atoms. The lowest BCUT2D eigenvalue weighted by molar-refractivity contribution is -0.129. The maximum atomic E-state index is 12.6. The highest BCUT2D eigenvalue weighted by molar-refractivity contribution is 7.89. The van der Waals surface area contributed by atoms with Gasteiger partial charge in [-0.2, -0.15) is 0 Å². The Morgan fingerprint density at radius 3 is 2.32 bits per heavy atom. The number of urea groups is 1. The van der Waals surface area contributed by atoms with Crippen LogP contribution in [0.1, 0.15) is 22.0 Å². The highest BCUT2D eigenvalue weighted by Crippen LogP contribution is 2.25. The molecular weight excluding hydrogens is 410 g/mol. The molecule has 0 saturated carbocycles. The van der Waals surface area contributed by atoms with Gasteiger partial charge in [0.1, 0.15) is 0 Å². The van der Waals surface area contributed by atoms with E-state index in [1.54, 1.807) is 18.2 Å². The standard InChI is InChI=1S/C17H16ClN3O6S/c1-20-17(24)21-15(22)14(10-5-3-2-4-6-10)27-16(23)12-9-11(28(19,25)26)7-8-13(12)18/h2-9,14H,1H3,(H2,19,25,26)(H2,20,21,22,24). The van der Waals surface area contributed by atoms with Crippen LogP contribution in [0.3, 0.4) is 0 Å². The second-order valence-corrected chi connectivity index (χ2v) is 7.42. The van der Waals surface area contributed by atoms with Crippen LogP contribution in [0.25, 0.3) is 0 Å². The van der Waals surface area contributed by atoms with E-state index in [1.165, 1.54) is 25.2 Å². The maximum Gasteiger partial charge on any atom is 0.340 e. The minimum absolute atomic E-state index is 0.101. The summed E-state index contributed by atoms with van der Waals surface area (Å²) in [4.78, 5) is 36.0.